The van der Waals surface area contributed by atoms with Crippen molar-refractivity contribution in [2.24, 2.45) is 0 Å². The molecule has 1 aromatic carbocycles. The lowest BCUT2D eigenvalue weighted by atomic mass is 10.2. The first kappa shape index (κ1) is 10.4. The summed E-state index contributed by atoms with van der Waals surface area (Å²) < 4.78 is 0. The van der Waals surface area contributed by atoms with Crippen molar-refractivity contribution < 1.29 is 0 Å². The molecule has 4 heteroatoms. The maximum atomic E-state index is 4.47. The predicted molar refractivity (Wildman–Crippen MR) is 72.6 cm³/mol. The maximum Gasteiger partial charge on any atom is 0.201 e. The molecule has 0 saturated heterocycles. The Morgan fingerprint density at radius 3 is 3.00 bits per heavy atom. The van der Waals surface area contributed by atoms with E-state index >= 15 is 0 Å². The number of imidazole rings is 1. The standard InChI is InChI=1S/C13H13N3S/c1-2-4-12-11(3-1)15-13(16-12)14-7-5-10-6-8-17-9-10/h1-4,6,8-9H,5,7H2,(H2,14,15,16). The molecule has 0 unspecified atom stereocenters. The second-order valence-electron chi connectivity index (χ2n) is 3.91. The molecule has 2 aromatic heterocycles. The van der Waals surface area contributed by atoms with Crippen LogP contribution in [-0.4, -0.2) is 16.5 Å². The summed E-state index contributed by atoms with van der Waals surface area (Å²) in [6, 6.07) is 10.2. The number of aromatic amines is 1. The van der Waals surface area contributed by atoms with Crippen LogP contribution in [0.15, 0.2) is 41.1 Å². The topological polar surface area (TPSA) is 40.7 Å². The van der Waals surface area contributed by atoms with Gasteiger partial charge in [0.05, 0.1) is 11.0 Å². The number of thiophene rings is 1. The van der Waals surface area contributed by atoms with Gasteiger partial charge in [0.15, 0.2) is 0 Å². The number of H-pyrrole nitrogens is 1. The number of nitrogens with one attached hydrogen (secondary N) is 2. The molecule has 17 heavy (non-hydrogen) atoms. The third-order valence-corrected chi connectivity index (χ3v) is 3.41. The molecule has 0 aliphatic rings. The monoisotopic (exact) mass is 243 g/mol. The molecule has 0 aliphatic heterocycles. The number of aromatic nitrogens is 2. The molecule has 0 fully saturated rings. The third kappa shape index (κ3) is 2.31. The molecule has 0 atom stereocenters. The Bertz CT molecular complexity index is 565. The van der Waals surface area contributed by atoms with E-state index in [1.165, 1.54) is 5.56 Å². The molecule has 0 saturated carbocycles. The van der Waals surface area contributed by atoms with Gasteiger partial charge in [-0.1, -0.05) is 12.1 Å². The van der Waals surface area contributed by atoms with Crippen LogP contribution in [0, 0.1) is 0 Å². The Kier molecular flexibility index (Phi) is 2.80. The summed E-state index contributed by atoms with van der Waals surface area (Å²) in [5.41, 5.74) is 3.45. The number of rotatable bonds is 4. The normalized spacial score (nSPS) is 10.8. The zero-order valence-electron chi connectivity index (χ0n) is 9.31. The first-order valence-corrected chi connectivity index (χ1v) is 6.56. The van der Waals surface area contributed by atoms with Gasteiger partial charge in [0.2, 0.25) is 5.95 Å². The van der Waals surface area contributed by atoms with E-state index in [1.54, 1.807) is 11.3 Å². The quantitative estimate of drug-likeness (QED) is 0.738. The third-order valence-electron chi connectivity index (χ3n) is 2.68. The van der Waals surface area contributed by atoms with E-state index in [2.05, 4.69) is 32.1 Å². The van der Waals surface area contributed by atoms with Crippen molar-refractivity contribution in [1.82, 2.24) is 9.97 Å². The number of hydrogen-bond donors (Lipinski definition) is 2. The van der Waals surface area contributed by atoms with Crippen LogP contribution in [0.3, 0.4) is 0 Å². The molecule has 2 heterocycles. The average molecular weight is 243 g/mol. The Balaban J connectivity index is 1.65. The van der Waals surface area contributed by atoms with Crippen molar-refractivity contribution >= 4 is 28.3 Å². The molecule has 3 nitrogen and oxygen atoms in total. The van der Waals surface area contributed by atoms with Crippen LogP contribution < -0.4 is 5.32 Å². The first-order valence-electron chi connectivity index (χ1n) is 5.61. The van der Waals surface area contributed by atoms with Gasteiger partial charge in [-0.25, -0.2) is 4.98 Å². The van der Waals surface area contributed by atoms with Crippen LogP contribution in [0.4, 0.5) is 5.95 Å². The van der Waals surface area contributed by atoms with Crippen molar-refractivity contribution in [3.63, 3.8) is 0 Å². The molecule has 3 rings (SSSR count). The van der Waals surface area contributed by atoms with Gasteiger partial charge in [-0.05, 0) is 40.9 Å². The minimum Gasteiger partial charge on any atom is -0.355 e. The number of hydrogen-bond acceptors (Lipinski definition) is 3. The van der Waals surface area contributed by atoms with Crippen molar-refractivity contribution in [1.29, 1.82) is 0 Å². The highest BCUT2D eigenvalue weighted by Crippen LogP contribution is 2.13. The Morgan fingerprint density at radius 1 is 1.24 bits per heavy atom. The van der Waals surface area contributed by atoms with Gasteiger partial charge < -0.3 is 10.3 Å². The largest absolute Gasteiger partial charge is 0.355 e. The fourth-order valence-electron chi connectivity index (χ4n) is 1.80. The SMILES string of the molecule is c1ccc2[nH]c(NCCc3ccsc3)nc2c1. The highest BCUT2D eigenvalue weighted by Gasteiger charge is 2.00. The zero-order chi connectivity index (χ0) is 11.5. The Labute approximate surface area is 104 Å². The van der Waals surface area contributed by atoms with E-state index in [-0.39, 0.29) is 0 Å². The molecule has 0 aliphatic carbocycles. The second kappa shape index (κ2) is 4.59. The van der Waals surface area contributed by atoms with Gasteiger partial charge in [0, 0.05) is 6.54 Å². The van der Waals surface area contributed by atoms with Crippen LogP contribution in [-0.2, 0) is 6.42 Å². The van der Waals surface area contributed by atoms with E-state index < -0.39 is 0 Å². The van der Waals surface area contributed by atoms with Crippen LogP contribution >= 0.6 is 11.3 Å². The summed E-state index contributed by atoms with van der Waals surface area (Å²) in [4.78, 5) is 7.72. The van der Waals surface area contributed by atoms with Gasteiger partial charge in [-0.3, -0.25) is 0 Å². The molecule has 86 valence electrons. The molecule has 0 spiro atoms. The highest BCUT2D eigenvalue weighted by molar-refractivity contribution is 7.07. The number of anilines is 1. The van der Waals surface area contributed by atoms with Gasteiger partial charge >= 0.3 is 0 Å². The molecular formula is C13H13N3S. The minimum absolute atomic E-state index is 0.849. The van der Waals surface area contributed by atoms with Crippen LogP contribution in [0.25, 0.3) is 11.0 Å². The number of para-hydroxylation sites is 2. The van der Waals surface area contributed by atoms with Gasteiger partial charge in [0.25, 0.3) is 0 Å². The van der Waals surface area contributed by atoms with Crippen LogP contribution in [0.2, 0.25) is 0 Å². The summed E-state index contributed by atoms with van der Waals surface area (Å²) in [6.07, 6.45) is 1.03. The van der Waals surface area contributed by atoms with Crippen LogP contribution in [0.1, 0.15) is 5.56 Å². The number of fused-ring (bicyclic) bond motifs is 1. The maximum absolute atomic E-state index is 4.47. The van der Waals surface area contributed by atoms with Gasteiger partial charge in [-0.2, -0.15) is 11.3 Å². The second-order valence-corrected chi connectivity index (χ2v) is 4.69. The van der Waals surface area contributed by atoms with Crippen molar-refractivity contribution in [3.05, 3.63) is 46.7 Å². The van der Waals surface area contributed by atoms with Crippen molar-refractivity contribution in [2.75, 3.05) is 11.9 Å². The molecule has 2 N–H and O–H groups in total. The Morgan fingerprint density at radius 2 is 2.18 bits per heavy atom. The smallest absolute Gasteiger partial charge is 0.201 e. The van der Waals surface area contributed by atoms with Gasteiger partial charge in [-0.15, -0.1) is 0 Å². The summed E-state index contributed by atoms with van der Waals surface area (Å²) in [6.45, 7) is 0.899. The fraction of sp³-hybridized carbons (Fsp3) is 0.154. The van der Waals surface area contributed by atoms with E-state index in [1.807, 2.05) is 24.3 Å². The van der Waals surface area contributed by atoms with E-state index in [9.17, 15) is 0 Å². The minimum atomic E-state index is 0.849. The molecule has 0 bridgehead atoms. The lowest BCUT2D eigenvalue weighted by Crippen LogP contribution is -2.05. The van der Waals surface area contributed by atoms with Gasteiger partial charge in [0.1, 0.15) is 0 Å². The summed E-state index contributed by atoms with van der Waals surface area (Å²) >= 11 is 1.74. The van der Waals surface area contributed by atoms with E-state index in [4.69, 9.17) is 0 Å². The number of nitrogens with zero attached hydrogens (tertiary/aromatic N) is 1. The average Bonchev–Trinajstić information content (AvgIpc) is 2.96. The lowest BCUT2D eigenvalue weighted by molar-refractivity contribution is 1.01. The molecule has 3 aromatic rings. The predicted octanol–water partition coefficient (Wildman–Crippen LogP) is 3.28. The molecule has 0 radical (unpaired) electrons. The van der Waals surface area contributed by atoms with Crippen molar-refractivity contribution in [2.45, 2.75) is 6.42 Å². The zero-order valence-corrected chi connectivity index (χ0v) is 10.1. The van der Waals surface area contributed by atoms with E-state index in [0.717, 1.165) is 29.9 Å². The fourth-order valence-corrected chi connectivity index (χ4v) is 2.50. The van der Waals surface area contributed by atoms with Crippen molar-refractivity contribution in [3.8, 4) is 0 Å². The lowest BCUT2D eigenvalue weighted by Gasteiger charge is -2.00. The van der Waals surface area contributed by atoms with E-state index in [0.29, 0.717) is 0 Å². The molecule has 0 amide bonds. The summed E-state index contributed by atoms with van der Waals surface area (Å²) in [5.74, 6) is 0.849. The highest BCUT2D eigenvalue weighted by atomic mass is 32.1. The first-order chi connectivity index (χ1) is 8.42. The Hall–Kier alpha value is -1.81. The summed E-state index contributed by atoms with van der Waals surface area (Å²) in [7, 11) is 0. The van der Waals surface area contributed by atoms with Crippen LogP contribution in [0.5, 0.6) is 0 Å². The summed E-state index contributed by atoms with van der Waals surface area (Å²) in [5, 5.41) is 7.60. The number of benzene rings is 1. The molecular weight excluding hydrogens is 230 g/mol.